The fourth-order valence-corrected chi connectivity index (χ4v) is 4.10. The highest BCUT2D eigenvalue weighted by molar-refractivity contribution is 5.94. The third kappa shape index (κ3) is 4.04. The Kier molecular flexibility index (Phi) is 5.51. The third-order valence-corrected chi connectivity index (χ3v) is 6.01. The maximum Gasteiger partial charge on any atom is 0.313 e. The molecule has 164 valence electrons. The lowest BCUT2D eigenvalue weighted by Crippen LogP contribution is -2.48. The van der Waals surface area contributed by atoms with Crippen molar-refractivity contribution < 1.29 is 32.6 Å². The second kappa shape index (κ2) is 8.13. The number of hydrogen-bond donors (Lipinski definition) is 2. The van der Waals surface area contributed by atoms with E-state index in [1.165, 1.54) is 12.1 Å². The minimum atomic E-state index is -1.22. The van der Waals surface area contributed by atoms with Gasteiger partial charge in [0, 0.05) is 31.1 Å². The summed E-state index contributed by atoms with van der Waals surface area (Å²) in [7, 11) is 0. The number of carbonyl (C=O) groups is 2. The zero-order chi connectivity index (χ0) is 22.2. The molecule has 2 aromatic carbocycles. The molecule has 31 heavy (non-hydrogen) atoms. The molecule has 0 unspecified atom stereocenters. The van der Waals surface area contributed by atoms with Gasteiger partial charge in [0.15, 0.2) is 0 Å². The van der Waals surface area contributed by atoms with Crippen molar-refractivity contribution in [3.8, 4) is 5.75 Å². The summed E-state index contributed by atoms with van der Waals surface area (Å²) in [6.07, 6.45) is 0.808. The molecule has 0 radical (unpaired) electrons. The van der Waals surface area contributed by atoms with Crippen molar-refractivity contribution in [3.63, 3.8) is 0 Å². The Labute approximate surface area is 176 Å². The number of nitrogens with zero attached hydrogens (tertiary/aromatic N) is 1. The van der Waals surface area contributed by atoms with E-state index in [9.17, 15) is 27.9 Å². The largest absolute Gasteiger partial charge is 0.492 e. The quantitative estimate of drug-likeness (QED) is 0.750. The number of hydrogen-bond acceptors (Lipinski definition) is 4. The van der Waals surface area contributed by atoms with E-state index in [0.29, 0.717) is 17.7 Å². The molecule has 0 bridgehead atoms. The average Bonchev–Trinajstić information content (AvgIpc) is 2.75. The number of anilines is 2. The van der Waals surface area contributed by atoms with Crippen molar-refractivity contribution in [2.45, 2.75) is 25.7 Å². The number of carbonyl (C=O) groups excluding carboxylic acids is 1. The van der Waals surface area contributed by atoms with Gasteiger partial charge in [-0.25, -0.2) is 13.2 Å². The van der Waals surface area contributed by atoms with Gasteiger partial charge in [0.05, 0.1) is 11.4 Å². The van der Waals surface area contributed by atoms with Crippen molar-refractivity contribution in [2.75, 3.05) is 29.9 Å². The molecule has 1 amide bonds. The smallest absolute Gasteiger partial charge is 0.313 e. The molecule has 2 N–H and O–H groups in total. The van der Waals surface area contributed by atoms with Crippen LogP contribution in [0.5, 0.6) is 5.75 Å². The zero-order valence-electron chi connectivity index (χ0n) is 16.6. The lowest BCUT2D eigenvalue weighted by atomic mass is 9.79. The summed E-state index contributed by atoms with van der Waals surface area (Å²) in [5, 5.41) is 12.4. The molecule has 4 rings (SSSR count). The minimum absolute atomic E-state index is 0.0644. The van der Waals surface area contributed by atoms with Gasteiger partial charge in [0.2, 0.25) is 5.91 Å². The van der Waals surface area contributed by atoms with Crippen LogP contribution in [0.1, 0.15) is 24.8 Å². The molecule has 0 spiro atoms. The average molecular weight is 434 g/mol. The highest BCUT2D eigenvalue weighted by Crippen LogP contribution is 2.38. The van der Waals surface area contributed by atoms with Crippen LogP contribution in [0.3, 0.4) is 0 Å². The molecular formula is C22H21F3N2O4. The Morgan fingerprint density at radius 3 is 2.52 bits per heavy atom. The molecule has 1 fully saturated rings. The highest BCUT2D eigenvalue weighted by atomic mass is 19.1. The fraction of sp³-hybridized carbons (Fsp3) is 0.364. The molecule has 0 aromatic heterocycles. The van der Waals surface area contributed by atoms with Crippen LogP contribution in [-0.2, 0) is 16.0 Å². The number of nitrogens with one attached hydrogen (secondary N) is 1. The topological polar surface area (TPSA) is 78.9 Å². The van der Waals surface area contributed by atoms with Crippen LogP contribution in [0.25, 0.3) is 0 Å². The van der Waals surface area contributed by atoms with Gasteiger partial charge < -0.3 is 20.1 Å². The summed E-state index contributed by atoms with van der Waals surface area (Å²) >= 11 is 0. The van der Waals surface area contributed by atoms with Gasteiger partial charge in [-0.3, -0.25) is 9.59 Å². The number of halogens is 3. The standard InChI is InChI=1S/C22H21F3N2O4/c23-13-1-3-15(24)17(11-13)27-9-7-22(8-10-27,21(29)30)12-31-18-5-4-16(25)20-14(18)2-6-19(28)26-20/h1,3-5,11H,2,6-10,12H2,(H,26,28)(H,29,30). The van der Waals surface area contributed by atoms with E-state index in [-0.39, 0.29) is 56.2 Å². The summed E-state index contributed by atoms with van der Waals surface area (Å²) in [6.45, 7) is 0.273. The van der Waals surface area contributed by atoms with Crippen LogP contribution in [-0.4, -0.2) is 36.7 Å². The highest BCUT2D eigenvalue weighted by Gasteiger charge is 2.43. The maximum atomic E-state index is 14.1. The summed E-state index contributed by atoms with van der Waals surface area (Å²) in [4.78, 5) is 25.3. The van der Waals surface area contributed by atoms with Crippen LogP contribution in [0.4, 0.5) is 24.5 Å². The SMILES string of the molecule is O=C1CCc2c(OCC3(C(=O)O)CCN(c4cc(F)ccc4F)CC3)ccc(F)c2N1. The number of carboxylic acids is 1. The Bertz CT molecular complexity index is 1040. The molecule has 2 heterocycles. The fourth-order valence-electron chi connectivity index (χ4n) is 4.10. The van der Waals surface area contributed by atoms with E-state index >= 15 is 0 Å². The van der Waals surface area contributed by atoms with Crippen LogP contribution < -0.4 is 15.0 Å². The Hall–Kier alpha value is -3.23. The van der Waals surface area contributed by atoms with Crippen molar-refractivity contribution in [1.82, 2.24) is 0 Å². The molecule has 6 nitrogen and oxygen atoms in total. The first-order chi connectivity index (χ1) is 14.8. The van der Waals surface area contributed by atoms with Crippen molar-refractivity contribution in [1.29, 1.82) is 0 Å². The van der Waals surface area contributed by atoms with E-state index in [1.54, 1.807) is 4.90 Å². The normalized spacial score (nSPS) is 17.6. The Balaban J connectivity index is 1.50. The van der Waals surface area contributed by atoms with Gasteiger partial charge in [0.1, 0.15) is 35.2 Å². The second-order valence-electron chi connectivity index (χ2n) is 7.90. The summed E-state index contributed by atoms with van der Waals surface area (Å²) in [6, 6.07) is 5.77. The summed E-state index contributed by atoms with van der Waals surface area (Å²) < 4.78 is 47.5. The van der Waals surface area contributed by atoms with Crippen LogP contribution in [0.2, 0.25) is 0 Å². The van der Waals surface area contributed by atoms with Gasteiger partial charge in [-0.05, 0) is 43.5 Å². The number of fused-ring (bicyclic) bond motifs is 1. The molecule has 9 heteroatoms. The maximum absolute atomic E-state index is 14.1. The van der Waals surface area contributed by atoms with Gasteiger partial charge in [-0.2, -0.15) is 0 Å². The zero-order valence-corrected chi connectivity index (χ0v) is 16.6. The van der Waals surface area contributed by atoms with Gasteiger partial charge in [-0.15, -0.1) is 0 Å². The first-order valence-electron chi connectivity index (χ1n) is 9.96. The van der Waals surface area contributed by atoms with E-state index in [1.807, 2.05) is 0 Å². The Morgan fingerprint density at radius 2 is 1.81 bits per heavy atom. The van der Waals surface area contributed by atoms with Crippen LogP contribution in [0.15, 0.2) is 30.3 Å². The monoisotopic (exact) mass is 434 g/mol. The first kappa shape index (κ1) is 21.0. The number of amides is 1. The molecule has 2 aromatic rings. The number of ether oxygens (including phenoxy) is 1. The van der Waals surface area contributed by atoms with E-state index in [0.717, 1.165) is 18.2 Å². The lowest BCUT2D eigenvalue weighted by Gasteiger charge is -2.39. The molecular weight excluding hydrogens is 413 g/mol. The predicted octanol–water partition coefficient (Wildman–Crippen LogP) is 3.74. The van der Waals surface area contributed by atoms with E-state index in [2.05, 4.69) is 5.32 Å². The number of piperidine rings is 1. The molecule has 0 atom stereocenters. The van der Waals surface area contributed by atoms with Gasteiger partial charge >= 0.3 is 5.97 Å². The number of rotatable bonds is 5. The molecule has 1 saturated heterocycles. The van der Waals surface area contributed by atoms with Crippen LogP contribution >= 0.6 is 0 Å². The molecule has 2 aliphatic heterocycles. The van der Waals surface area contributed by atoms with Crippen molar-refractivity contribution in [3.05, 3.63) is 53.3 Å². The van der Waals surface area contributed by atoms with Gasteiger partial charge in [0.25, 0.3) is 0 Å². The number of carboxylic acid groups (broad SMARTS) is 1. The third-order valence-electron chi connectivity index (χ3n) is 6.01. The molecule has 0 aliphatic carbocycles. The molecule has 0 saturated carbocycles. The minimum Gasteiger partial charge on any atom is -0.492 e. The van der Waals surface area contributed by atoms with E-state index in [4.69, 9.17) is 4.74 Å². The second-order valence-corrected chi connectivity index (χ2v) is 7.90. The summed E-state index contributed by atoms with van der Waals surface area (Å²) in [5.74, 6) is -2.72. The van der Waals surface area contributed by atoms with Crippen LogP contribution in [0, 0.1) is 22.9 Å². The molecule has 2 aliphatic rings. The number of benzene rings is 2. The lowest BCUT2D eigenvalue weighted by molar-refractivity contribution is -0.152. The number of aliphatic carboxylic acids is 1. The van der Waals surface area contributed by atoms with E-state index < -0.39 is 28.8 Å². The van der Waals surface area contributed by atoms with Crippen molar-refractivity contribution >= 4 is 23.3 Å². The first-order valence-corrected chi connectivity index (χ1v) is 9.96. The predicted molar refractivity (Wildman–Crippen MR) is 107 cm³/mol. The summed E-state index contributed by atoms with van der Waals surface area (Å²) in [5.41, 5.74) is -0.559. The Morgan fingerprint density at radius 1 is 1.10 bits per heavy atom. The van der Waals surface area contributed by atoms with Gasteiger partial charge in [-0.1, -0.05) is 0 Å². The van der Waals surface area contributed by atoms with Crippen molar-refractivity contribution in [2.24, 2.45) is 5.41 Å².